The summed E-state index contributed by atoms with van der Waals surface area (Å²) >= 11 is 0. The molecule has 0 aromatic carbocycles. The van der Waals surface area contributed by atoms with Crippen molar-refractivity contribution in [3.63, 3.8) is 0 Å². The van der Waals surface area contributed by atoms with Gasteiger partial charge in [0.2, 0.25) is 0 Å². The van der Waals surface area contributed by atoms with Crippen LogP contribution in [0, 0.1) is 11.3 Å². The van der Waals surface area contributed by atoms with Gasteiger partial charge in [0.05, 0.1) is 12.5 Å². The Morgan fingerprint density at radius 2 is 2.46 bits per heavy atom. The van der Waals surface area contributed by atoms with Gasteiger partial charge in [-0.05, 0) is 31.7 Å². The Labute approximate surface area is 84.6 Å². The van der Waals surface area contributed by atoms with Crippen LogP contribution in [0.4, 0.5) is 0 Å². The molecule has 1 heterocycles. The normalized spacial score (nSPS) is 35.6. The van der Waals surface area contributed by atoms with Crippen molar-refractivity contribution in [2.45, 2.75) is 19.8 Å². The highest BCUT2D eigenvalue weighted by Crippen LogP contribution is 2.56. The second-order valence-corrected chi connectivity index (χ2v) is 3.80. The van der Waals surface area contributed by atoms with E-state index in [0.717, 1.165) is 25.9 Å². The second kappa shape index (κ2) is 3.84. The fourth-order valence-electron chi connectivity index (χ4n) is 2.16. The maximum absolute atomic E-state index is 11.3. The highest BCUT2D eigenvalue weighted by Gasteiger charge is 2.59. The fourth-order valence-corrected chi connectivity index (χ4v) is 2.16. The Hall–Kier alpha value is -0.280. The van der Waals surface area contributed by atoms with E-state index in [1.54, 1.807) is 0 Å². The van der Waals surface area contributed by atoms with Gasteiger partial charge in [0.15, 0.2) is 0 Å². The number of rotatable bonds is 2. The smallest absolute Gasteiger partial charge is 0.309 e. The molecule has 1 N–H and O–H groups in total. The molecule has 0 radical (unpaired) electrons. The third-order valence-corrected chi connectivity index (χ3v) is 3.04. The lowest BCUT2D eigenvalue weighted by molar-refractivity contribution is -0.145. The summed E-state index contributed by atoms with van der Waals surface area (Å²) in [6, 6.07) is 0. The van der Waals surface area contributed by atoms with Crippen LogP contribution >= 0.6 is 12.4 Å². The van der Waals surface area contributed by atoms with E-state index < -0.39 is 0 Å². The second-order valence-electron chi connectivity index (χ2n) is 3.80. The molecule has 0 bridgehead atoms. The Balaban J connectivity index is 0.000000845. The quantitative estimate of drug-likeness (QED) is 0.683. The minimum absolute atomic E-state index is 0. The van der Waals surface area contributed by atoms with Crippen LogP contribution in [0.2, 0.25) is 0 Å². The number of carbonyl (C=O) groups is 1. The Kier molecular flexibility index (Phi) is 3.19. The van der Waals surface area contributed by atoms with Crippen molar-refractivity contribution in [2.24, 2.45) is 11.3 Å². The summed E-state index contributed by atoms with van der Waals surface area (Å²) in [6.07, 6.45) is 2.19. The van der Waals surface area contributed by atoms with Gasteiger partial charge < -0.3 is 10.1 Å². The number of ether oxygens (including phenoxy) is 1. The van der Waals surface area contributed by atoms with Gasteiger partial charge in [-0.2, -0.15) is 0 Å². The monoisotopic (exact) mass is 205 g/mol. The topological polar surface area (TPSA) is 38.3 Å². The van der Waals surface area contributed by atoms with Gasteiger partial charge in [-0.1, -0.05) is 0 Å². The van der Waals surface area contributed by atoms with E-state index in [2.05, 4.69) is 5.32 Å². The van der Waals surface area contributed by atoms with E-state index in [1.807, 2.05) is 6.92 Å². The van der Waals surface area contributed by atoms with Crippen LogP contribution in [0.25, 0.3) is 0 Å². The van der Waals surface area contributed by atoms with E-state index in [4.69, 9.17) is 4.74 Å². The molecular formula is C9H16ClNO2. The average Bonchev–Trinajstić information content (AvgIpc) is 2.51. The van der Waals surface area contributed by atoms with Gasteiger partial charge >= 0.3 is 5.97 Å². The van der Waals surface area contributed by atoms with Crippen molar-refractivity contribution in [1.29, 1.82) is 0 Å². The first kappa shape index (κ1) is 10.8. The summed E-state index contributed by atoms with van der Waals surface area (Å²) in [6.45, 7) is 4.45. The van der Waals surface area contributed by atoms with Gasteiger partial charge in [-0.15, -0.1) is 12.4 Å². The van der Waals surface area contributed by atoms with Crippen LogP contribution in [0.3, 0.4) is 0 Å². The number of carbonyl (C=O) groups excluding carboxylic acids is 1. The Morgan fingerprint density at radius 1 is 1.69 bits per heavy atom. The minimum Gasteiger partial charge on any atom is -0.466 e. The standard InChI is InChI=1S/C9H15NO2.ClH/c1-2-12-8(11)7-5-9(7)3-4-10-6-9;/h7,10H,2-6H2,1H3;1H. The van der Waals surface area contributed by atoms with Gasteiger partial charge in [0.25, 0.3) is 0 Å². The van der Waals surface area contributed by atoms with Gasteiger partial charge in [0, 0.05) is 6.54 Å². The zero-order valence-corrected chi connectivity index (χ0v) is 8.65. The van der Waals surface area contributed by atoms with Crippen molar-refractivity contribution < 1.29 is 9.53 Å². The van der Waals surface area contributed by atoms with Gasteiger partial charge in [-0.25, -0.2) is 0 Å². The highest BCUT2D eigenvalue weighted by molar-refractivity contribution is 5.85. The third kappa shape index (κ3) is 1.81. The number of halogens is 1. The van der Waals surface area contributed by atoms with E-state index in [1.165, 1.54) is 0 Å². The molecule has 76 valence electrons. The SMILES string of the molecule is CCOC(=O)C1CC12CCNC2.Cl. The molecule has 2 fully saturated rings. The first-order chi connectivity index (χ1) is 5.78. The molecule has 0 aromatic heterocycles. The number of esters is 1. The first-order valence-corrected chi connectivity index (χ1v) is 4.66. The molecular weight excluding hydrogens is 190 g/mol. The lowest BCUT2D eigenvalue weighted by Gasteiger charge is -2.05. The molecule has 2 unspecified atom stereocenters. The molecule has 0 aromatic rings. The zero-order valence-electron chi connectivity index (χ0n) is 7.84. The van der Waals surface area contributed by atoms with E-state index >= 15 is 0 Å². The molecule has 2 rings (SSSR count). The summed E-state index contributed by atoms with van der Waals surface area (Å²) in [5, 5.41) is 3.29. The molecule has 1 spiro atoms. The van der Waals surface area contributed by atoms with Crippen LogP contribution in [0.15, 0.2) is 0 Å². The maximum atomic E-state index is 11.3. The summed E-state index contributed by atoms with van der Waals surface area (Å²) in [4.78, 5) is 11.3. The molecule has 0 amide bonds. The highest BCUT2D eigenvalue weighted by atomic mass is 35.5. The number of nitrogens with one attached hydrogen (secondary N) is 1. The van der Waals surface area contributed by atoms with Crippen molar-refractivity contribution >= 4 is 18.4 Å². The molecule has 4 heteroatoms. The molecule has 1 saturated carbocycles. The largest absolute Gasteiger partial charge is 0.466 e. The number of hydrogen-bond acceptors (Lipinski definition) is 3. The van der Waals surface area contributed by atoms with Crippen molar-refractivity contribution in [3.05, 3.63) is 0 Å². The van der Waals surface area contributed by atoms with Crippen LogP contribution < -0.4 is 5.32 Å². The van der Waals surface area contributed by atoms with Crippen molar-refractivity contribution in [1.82, 2.24) is 5.32 Å². The van der Waals surface area contributed by atoms with E-state index in [9.17, 15) is 4.79 Å². The molecule has 1 saturated heterocycles. The Morgan fingerprint density at radius 3 is 3.00 bits per heavy atom. The minimum atomic E-state index is 0. The molecule has 1 aliphatic heterocycles. The average molecular weight is 206 g/mol. The predicted molar refractivity (Wildman–Crippen MR) is 51.9 cm³/mol. The van der Waals surface area contributed by atoms with E-state index in [0.29, 0.717) is 12.0 Å². The van der Waals surface area contributed by atoms with Gasteiger partial charge in [-0.3, -0.25) is 4.79 Å². The fraction of sp³-hybridized carbons (Fsp3) is 0.889. The predicted octanol–water partition coefficient (Wildman–Crippen LogP) is 0.971. The summed E-state index contributed by atoms with van der Waals surface area (Å²) in [5.74, 6) is 0.216. The molecule has 3 nitrogen and oxygen atoms in total. The lowest BCUT2D eigenvalue weighted by atomic mass is 10.0. The van der Waals surface area contributed by atoms with E-state index in [-0.39, 0.29) is 24.3 Å². The Bertz CT molecular complexity index is 202. The maximum Gasteiger partial charge on any atom is 0.309 e. The third-order valence-electron chi connectivity index (χ3n) is 3.04. The first-order valence-electron chi connectivity index (χ1n) is 4.66. The lowest BCUT2D eigenvalue weighted by Crippen LogP contribution is -2.16. The van der Waals surface area contributed by atoms with Gasteiger partial charge in [0.1, 0.15) is 0 Å². The van der Waals surface area contributed by atoms with Crippen LogP contribution in [-0.4, -0.2) is 25.7 Å². The van der Waals surface area contributed by atoms with Crippen LogP contribution in [0.5, 0.6) is 0 Å². The summed E-state index contributed by atoms with van der Waals surface area (Å²) < 4.78 is 4.99. The van der Waals surface area contributed by atoms with Crippen molar-refractivity contribution in [3.8, 4) is 0 Å². The number of hydrogen-bond donors (Lipinski definition) is 1. The zero-order chi connectivity index (χ0) is 8.60. The summed E-state index contributed by atoms with van der Waals surface area (Å²) in [5.41, 5.74) is 0.298. The molecule has 13 heavy (non-hydrogen) atoms. The van der Waals surface area contributed by atoms with Crippen molar-refractivity contribution in [2.75, 3.05) is 19.7 Å². The molecule has 1 aliphatic carbocycles. The summed E-state index contributed by atoms with van der Waals surface area (Å²) in [7, 11) is 0. The molecule has 2 atom stereocenters. The molecule has 2 aliphatic rings. The van der Waals surface area contributed by atoms with Crippen LogP contribution in [0.1, 0.15) is 19.8 Å². The van der Waals surface area contributed by atoms with Crippen LogP contribution in [-0.2, 0) is 9.53 Å².